The summed E-state index contributed by atoms with van der Waals surface area (Å²) in [6, 6.07) is 11.5. The van der Waals surface area contributed by atoms with Crippen LogP contribution < -0.4 is 4.90 Å². The molecule has 0 aliphatic carbocycles. The smallest absolute Gasteiger partial charge is 0.282 e. The fourth-order valence-corrected chi connectivity index (χ4v) is 2.71. The summed E-state index contributed by atoms with van der Waals surface area (Å²) in [6.07, 6.45) is 0. The van der Waals surface area contributed by atoms with E-state index in [9.17, 15) is 14.0 Å². The molecular weight excluding hydrogens is 319 g/mol. The molecule has 0 spiro atoms. The van der Waals surface area contributed by atoms with Crippen molar-refractivity contribution in [2.75, 3.05) is 4.90 Å². The van der Waals surface area contributed by atoms with Gasteiger partial charge in [-0.1, -0.05) is 23.7 Å². The van der Waals surface area contributed by atoms with Gasteiger partial charge >= 0.3 is 6.03 Å². The Hall–Kier alpha value is -2.40. The van der Waals surface area contributed by atoms with Gasteiger partial charge in [0.2, 0.25) is 0 Å². The average Bonchev–Trinajstić information content (AvgIpc) is 2.74. The Labute approximate surface area is 138 Å². The van der Waals surface area contributed by atoms with Crippen LogP contribution in [0.4, 0.5) is 14.9 Å². The predicted octanol–water partition coefficient (Wildman–Crippen LogP) is 3.84. The molecule has 2 aromatic carbocycles. The first kappa shape index (κ1) is 15.5. The highest BCUT2D eigenvalue weighted by Crippen LogP contribution is 2.28. The molecule has 0 aromatic heterocycles. The molecule has 6 heteroatoms. The SMILES string of the molecule is C[C@@H]1C(=O)N(Cc2ccc(F)cc2)C(=O)N1c1ccc(Cl)cc1. The third-order valence-corrected chi connectivity index (χ3v) is 4.06. The fraction of sp³-hybridized carbons (Fsp3) is 0.176. The van der Waals surface area contributed by atoms with Crippen molar-refractivity contribution >= 4 is 29.2 Å². The van der Waals surface area contributed by atoms with Crippen LogP contribution in [0.2, 0.25) is 5.02 Å². The van der Waals surface area contributed by atoms with E-state index in [1.54, 1.807) is 43.3 Å². The monoisotopic (exact) mass is 332 g/mol. The van der Waals surface area contributed by atoms with Crippen molar-refractivity contribution in [2.45, 2.75) is 19.5 Å². The number of carbonyl (C=O) groups excluding carboxylic acids is 2. The lowest BCUT2D eigenvalue weighted by atomic mass is 10.2. The highest BCUT2D eigenvalue weighted by molar-refractivity contribution is 6.30. The molecule has 1 saturated heterocycles. The maximum atomic E-state index is 13.0. The quantitative estimate of drug-likeness (QED) is 0.801. The second-order valence-corrected chi connectivity index (χ2v) is 5.79. The first-order valence-electron chi connectivity index (χ1n) is 7.12. The Balaban J connectivity index is 1.85. The van der Waals surface area contributed by atoms with E-state index < -0.39 is 12.1 Å². The Kier molecular flexibility index (Phi) is 4.05. The lowest BCUT2D eigenvalue weighted by Gasteiger charge is -2.19. The maximum absolute atomic E-state index is 13.0. The van der Waals surface area contributed by atoms with Gasteiger partial charge in [-0.15, -0.1) is 0 Å². The van der Waals surface area contributed by atoms with Gasteiger partial charge in [-0.25, -0.2) is 9.18 Å². The molecular formula is C17H14ClFN2O2. The van der Waals surface area contributed by atoms with Gasteiger partial charge in [-0.05, 0) is 48.9 Å². The number of urea groups is 1. The van der Waals surface area contributed by atoms with Crippen molar-refractivity contribution in [1.82, 2.24) is 4.90 Å². The second kappa shape index (κ2) is 6.01. The van der Waals surface area contributed by atoms with E-state index in [0.717, 1.165) is 0 Å². The predicted molar refractivity (Wildman–Crippen MR) is 85.7 cm³/mol. The molecule has 118 valence electrons. The zero-order chi connectivity index (χ0) is 16.6. The van der Waals surface area contributed by atoms with E-state index in [4.69, 9.17) is 11.6 Å². The topological polar surface area (TPSA) is 40.6 Å². The standard InChI is InChI=1S/C17H14ClFN2O2/c1-11-16(22)20(10-12-2-6-14(19)7-3-12)17(23)21(11)15-8-4-13(18)5-9-15/h2-9,11H,10H2,1H3/t11-/m1/s1. The molecule has 1 heterocycles. The van der Waals surface area contributed by atoms with Crippen LogP contribution in [-0.4, -0.2) is 22.9 Å². The summed E-state index contributed by atoms with van der Waals surface area (Å²) >= 11 is 5.86. The molecule has 0 bridgehead atoms. The molecule has 1 aliphatic rings. The third kappa shape index (κ3) is 2.92. The van der Waals surface area contributed by atoms with Crippen molar-refractivity contribution in [2.24, 2.45) is 0 Å². The van der Waals surface area contributed by atoms with Crippen LogP contribution >= 0.6 is 11.6 Å². The van der Waals surface area contributed by atoms with Crippen LogP contribution in [0.1, 0.15) is 12.5 Å². The van der Waals surface area contributed by atoms with Crippen LogP contribution in [0.5, 0.6) is 0 Å². The van der Waals surface area contributed by atoms with E-state index in [0.29, 0.717) is 16.3 Å². The number of hydrogen-bond donors (Lipinski definition) is 0. The van der Waals surface area contributed by atoms with Gasteiger partial charge in [-0.3, -0.25) is 14.6 Å². The molecule has 2 aromatic rings. The average molecular weight is 333 g/mol. The van der Waals surface area contributed by atoms with E-state index >= 15 is 0 Å². The lowest BCUT2D eigenvalue weighted by Crippen LogP contribution is -2.33. The Morgan fingerprint density at radius 2 is 1.65 bits per heavy atom. The van der Waals surface area contributed by atoms with Crippen molar-refractivity contribution in [3.05, 3.63) is 64.9 Å². The van der Waals surface area contributed by atoms with Crippen LogP contribution in [0.25, 0.3) is 0 Å². The minimum Gasteiger partial charge on any atom is -0.282 e. The summed E-state index contributed by atoms with van der Waals surface area (Å²) in [5, 5.41) is 0.558. The van der Waals surface area contributed by atoms with Crippen LogP contribution in [0.15, 0.2) is 48.5 Å². The second-order valence-electron chi connectivity index (χ2n) is 5.36. The van der Waals surface area contributed by atoms with Gasteiger partial charge in [0, 0.05) is 10.7 Å². The molecule has 1 fully saturated rings. The van der Waals surface area contributed by atoms with Crippen molar-refractivity contribution < 1.29 is 14.0 Å². The number of carbonyl (C=O) groups is 2. The molecule has 0 saturated carbocycles. The lowest BCUT2D eigenvalue weighted by molar-refractivity contribution is -0.127. The number of halogens is 2. The summed E-state index contributed by atoms with van der Waals surface area (Å²) in [4.78, 5) is 27.6. The molecule has 4 nitrogen and oxygen atoms in total. The number of hydrogen-bond acceptors (Lipinski definition) is 2. The molecule has 3 amide bonds. The van der Waals surface area contributed by atoms with Crippen molar-refractivity contribution in [3.8, 4) is 0 Å². The van der Waals surface area contributed by atoms with Gasteiger partial charge in [0.05, 0.1) is 6.54 Å². The van der Waals surface area contributed by atoms with Crippen LogP contribution in [0.3, 0.4) is 0 Å². The highest BCUT2D eigenvalue weighted by atomic mass is 35.5. The molecule has 1 atom stereocenters. The van der Waals surface area contributed by atoms with Gasteiger partial charge in [0.25, 0.3) is 5.91 Å². The highest BCUT2D eigenvalue weighted by Gasteiger charge is 2.43. The van der Waals surface area contributed by atoms with E-state index in [1.807, 2.05) is 0 Å². The first-order valence-corrected chi connectivity index (χ1v) is 7.50. The largest absolute Gasteiger partial charge is 0.332 e. The molecule has 0 radical (unpaired) electrons. The van der Waals surface area contributed by atoms with Crippen molar-refractivity contribution in [1.29, 1.82) is 0 Å². The summed E-state index contributed by atoms with van der Waals surface area (Å²) in [6.45, 7) is 1.80. The van der Waals surface area contributed by atoms with Crippen LogP contribution in [-0.2, 0) is 11.3 Å². The first-order chi connectivity index (χ1) is 11.0. The van der Waals surface area contributed by atoms with E-state index in [1.165, 1.54) is 21.9 Å². The summed E-state index contributed by atoms with van der Waals surface area (Å²) < 4.78 is 13.0. The normalized spacial score (nSPS) is 18.0. The zero-order valence-corrected chi connectivity index (χ0v) is 13.1. The van der Waals surface area contributed by atoms with Crippen molar-refractivity contribution in [3.63, 3.8) is 0 Å². The Morgan fingerprint density at radius 3 is 2.26 bits per heavy atom. The number of rotatable bonds is 3. The molecule has 0 N–H and O–H groups in total. The van der Waals surface area contributed by atoms with Gasteiger partial charge in [-0.2, -0.15) is 0 Å². The number of imide groups is 1. The number of benzene rings is 2. The van der Waals surface area contributed by atoms with Gasteiger partial charge in [0.15, 0.2) is 0 Å². The zero-order valence-electron chi connectivity index (χ0n) is 12.4. The molecule has 0 unspecified atom stereocenters. The third-order valence-electron chi connectivity index (χ3n) is 3.81. The fourth-order valence-electron chi connectivity index (χ4n) is 2.58. The van der Waals surface area contributed by atoms with E-state index in [2.05, 4.69) is 0 Å². The molecule has 23 heavy (non-hydrogen) atoms. The maximum Gasteiger partial charge on any atom is 0.332 e. The Bertz CT molecular complexity index is 746. The summed E-state index contributed by atoms with van der Waals surface area (Å²) in [5.74, 6) is -0.641. The number of anilines is 1. The Morgan fingerprint density at radius 1 is 1.04 bits per heavy atom. The number of amides is 3. The summed E-state index contributed by atoms with van der Waals surface area (Å²) in [7, 11) is 0. The summed E-state index contributed by atoms with van der Waals surface area (Å²) in [5.41, 5.74) is 1.31. The minimum absolute atomic E-state index is 0.117. The van der Waals surface area contributed by atoms with E-state index in [-0.39, 0.29) is 18.3 Å². The minimum atomic E-state index is -0.593. The molecule has 1 aliphatic heterocycles. The van der Waals surface area contributed by atoms with Gasteiger partial charge < -0.3 is 0 Å². The molecule has 3 rings (SSSR count). The van der Waals surface area contributed by atoms with Gasteiger partial charge in [0.1, 0.15) is 11.9 Å². The van der Waals surface area contributed by atoms with Crippen LogP contribution in [0, 0.1) is 5.82 Å². The number of nitrogens with zero attached hydrogens (tertiary/aromatic N) is 2.